The summed E-state index contributed by atoms with van der Waals surface area (Å²) in [4.78, 5) is 44.7. The molecule has 4 aromatic rings. The molecule has 0 saturated carbocycles. The number of Topliss-reactive ketones (excluding diaryl/α,β-unsaturated/α-hetero) is 1. The van der Waals surface area contributed by atoms with Crippen LogP contribution in [0.2, 0.25) is 0 Å². The second kappa shape index (κ2) is 11.5. The lowest BCUT2D eigenvalue weighted by Gasteiger charge is -2.29. The van der Waals surface area contributed by atoms with E-state index in [-0.39, 0.29) is 41.2 Å². The number of carbonyl (C=O) groups is 3. The monoisotopic (exact) mass is 588 g/mol. The molecule has 222 valence electrons. The van der Waals surface area contributed by atoms with Crippen LogP contribution in [-0.4, -0.2) is 58.5 Å². The van der Waals surface area contributed by atoms with E-state index in [4.69, 9.17) is 4.74 Å². The number of carbonyl (C=O) groups excluding carboxylic acids is 3. The fourth-order valence-electron chi connectivity index (χ4n) is 5.85. The van der Waals surface area contributed by atoms with E-state index >= 15 is 0 Å². The van der Waals surface area contributed by atoms with Gasteiger partial charge in [-0.3, -0.25) is 14.4 Å². The smallest absolute Gasteiger partial charge is 0.270 e. The maximum absolute atomic E-state index is 14.6. The van der Waals surface area contributed by atoms with Crippen molar-refractivity contribution in [3.05, 3.63) is 93.4 Å². The van der Waals surface area contributed by atoms with Crippen molar-refractivity contribution < 1.29 is 27.9 Å². The third-order valence-corrected chi connectivity index (χ3v) is 8.09. The van der Waals surface area contributed by atoms with Crippen molar-refractivity contribution >= 4 is 28.9 Å². The number of halogens is 2. The largest absolute Gasteiger partial charge is 0.378 e. The van der Waals surface area contributed by atoms with Gasteiger partial charge in [0.2, 0.25) is 0 Å². The second-order valence-electron chi connectivity index (χ2n) is 10.7. The summed E-state index contributed by atoms with van der Waals surface area (Å²) in [6, 6.07) is 9.16. The fourth-order valence-corrected chi connectivity index (χ4v) is 5.85. The van der Waals surface area contributed by atoms with Crippen LogP contribution in [0, 0.1) is 18.6 Å². The van der Waals surface area contributed by atoms with Gasteiger partial charge in [-0.25, -0.2) is 18.3 Å². The summed E-state index contributed by atoms with van der Waals surface area (Å²) in [5.74, 6) is -2.35. The number of morpholine rings is 1. The summed E-state index contributed by atoms with van der Waals surface area (Å²) in [5.41, 5.74) is 4.11. The van der Waals surface area contributed by atoms with Gasteiger partial charge in [-0.1, -0.05) is 18.2 Å². The van der Waals surface area contributed by atoms with Crippen LogP contribution < -0.4 is 15.5 Å². The Morgan fingerprint density at radius 3 is 2.60 bits per heavy atom. The lowest BCUT2D eigenvalue weighted by molar-refractivity contribution is 0.0927. The molecule has 43 heavy (non-hydrogen) atoms. The van der Waals surface area contributed by atoms with Gasteiger partial charge in [0.1, 0.15) is 17.2 Å². The molecular formula is C31H30F2N6O4. The van der Waals surface area contributed by atoms with Gasteiger partial charge >= 0.3 is 0 Å². The number of aromatic nitrogens is 3. The highest BCUT2D eigenvalue weighted by molar-refractivity contribution is 5.99. The zero-order chi connectivity index (χ0) is 30.2. The molecule has 2 aromatic carbocycles. The Morgan fingerprint density at radius 2 is 1.84 bits per heavy atom. The van der Waals surface area contributed by atoms with E-state index in [1.165, 1.54) is 19.1 Å². The fraction of sp³-hybridized carbons (Fsp3) is 0.323. The summed E-state index contributed by atoms with van der Waals surface area (Å²) in [7, 11) is 0. The first-order valence-electron chi connectivity index (χ1n) is 14.1. The summed E-state index contributed by atoms with van der Waals surface area (Å²) < 4.78 is 35.5. The number of ether oxygens (including phenoxy) is 1. The van der Waals surface area contributed by atoms with Crippen molar-refractivity contribution in [2.24, 2.45) is 0 Å². The van der Waals surface area contributed by atoms with Crippen LogP contribution >= 0.6 is 0 Å². The van der Waals surface area contributed by atoms with E-state index in [2.05, 4.69) is 20.7 Å². The number of nitrogens with zero attached hydrogens (tertiary/aromatic N) is 4. The summed E-state index contributed by atoms with van der Waals surface area (Å²) >= 11 is 0. The van der Waals surface area contributed by atoms with E-state index in [9.17, 15) is 23.2 Å². The van der Waals surface area contributed by atoms with Gasteiger partial charge < -0.3 is 20.3 Å². The van der Waals surface area contributed by atoms with Gasteiger partial charge in [0, 0.05) is 31.3 Å². The number of fused-ring (bicyclic) bond motifs is 2. The zero-order valence-corrected chi connectivity index (χ0v) is 23.7. The summed E-state index contributed by atoms with van der Waals surface area (Å²) in [6.07, 6.45) is 2.26. The van der Waals surface area contributed by atoms with E-state index < -0.39 is 17.6 Å². The standard InChI is InChI=1S/C31H30F2N6O4/c1-17-20(18(2)40)4-5-22-21(17)6-8-25(22)37-31(42)28-14-26(36-29-24(33)16-35-39(28)29)30(41)34-15-19-3-7-23(32)27(13-19)38-9-11-43-12-10-38/h3-5,7,13-14,16,25H,6,8-12,15H2,1-2H3,(H,34,41)(H,37,42)/t25-/m0/s1. The minimum atomic E-state index is -0.781. The van der Waals surface area contributed by atoms with E-state index in [1.54, 1.807) is 18.2 Å². The topological polar surface area (TPSA) is 118 Å². The lowest BCUT2D eigenvalue weighted by Crippen LogP contribution is -2.36. The first-order chi connectivity index (χ1) is 20.7. The van der Waals surface area contributed by atoms with Crippen molar-refractivity contribution in [1.82, 2.24) is 25.2 Å². The molecule has 1 fully saturated rings. The van der Waals surface area contributed by atoms with Crippen molar-refractivity contribution in [1.29, 1.82) is 0 Å². The average molecular weight is 589 g/mol. The molecule has 0 spiro atoms. The van der Waals surface area contributed by atoms with Crippen LogP contribution in [-0.2, 0) is 17.7 Å². The highest BCUT2D eigenvalue weighted by Crippen LogP contribution is 2.35. The quantitative estimate of drug-likeness (QED) is 0.316. The van der Waals surface area contributed by atoms with Crippen LogP contribution in [0.5, 0.6) is 0 Å². The van der Waals surface area contributed by atoms with Gasteiger partial charge in [0.15, 0.2) is 17.2 Å². The Labute approximate surface area is 246 Å². The van der Waals surface area contributed by atoms with Crippen LogP contribution in [0.4, 0.5) is 14.5 Å². The molecule has 0 bridgehead atoms. The molecule has 2 N–H and O–H groups in total. The van der Waals surface area contributed by atoms with E-state index in [0.29, 0.717) is 56.0 Å². The predicted octanol–water partition coefficient (Wildman–Crippen LogP) is 3.70. The first-order valence-corrected chi connectivity index (χ1v) is 14.1. The molecule has 6 rings (SSSR count). The second-order valence-corrected chi connectivity index (χ2v) is 10.7. The van der Waals surface area contributed by atoms with Gasteiger partial charge in [-0.2, -0.15) is 5.10 Å². The molecule has 2 amide bonds. The molecule has 2 aliphatic rings. The van der Waals surface area contributed by atoms with Gasteiger partial charge in [-0.15, -0.1) is 0 Å². The Kier molecular flexibility index (Phi) is 7.61. The first kappa shape index (κ1) is 28.4. The lowest BCUT2D eigenvalue weighted by atomic mass is 9.96. The number of hydrogen-bond acceptors (Lipinski definition) is 7. The van der Waals surface area contributed by atoms with Gasteiger partial charge in [0.05, 0.1) is 31.1 Å². The number of rotatable bonds is 7. The van der Waals surface area contributed by atoms with E-state index in [1.807, 2.05) is 17.9 Å². The molecule has 10 nitrogen and oxygen atoms in total. The van der Waals surface area contributed by atoms with Crippen LogP contribution in [0.3, 0.4) is 0 Å². The minimum absolute atomic E-state index is 0.0181. The summed E-state index contributed by atoms with van der Waals surface area (Å²) in [5, 5.41) is 9.67. The zero-order valence-electron chi connectivity index (χ0n) is 23.7. The Hall–Kier alpha value is -4.71. The van der Waals surface area contributed by atoms with Gasteiger partial charge in [0.25, 0.3) is 11.8 Å². The number of benzene rings is 2. The normalized spacial score (nSPS) is 16.3. The Balaban J connectivity index is 1.22. The van der Waals surface area contributed by atoms with Crippen molar-refractivity contribution in [2.45, 2.75) is 39.3 Å². The van der Waals surface area contributed by atoms with Crippen LogP contribution in [0.15, 0.2) is 42.6 Å². The molecule has 2 aromatic heterocycles. The molecular weight excluding hydrogens is 558 g/mol. The molecule has 1 aliphatic carbocycles. The summed E-state index contributed by atoms with van der Waals surface area (Å²) in [6.45, 7) is 5.61. The average Bonchev–Trinajstić information content (AvgIpc) is 3.60. The number of amides is 2. The third-order valence-electron chi connectivity index (χ3n) is 8.09. The maximum atomic E-state index is 14.6. The molecule has 0 unspecified atom stereocenters. The minimum Gasteiger partial charge on any atom is -0.378 e. The SMILES string of the molecule is CC(=O)c1ccc2c(c1C)CC[C@@H]2NC(=O)c1cc(C(=O)NCc2ccc(F)c(N3CCOCC3)c2)nc2c(F)cnn12. The van der Waals surface area contributed by atoms with Crippen molar-refractivity contribution in [3.8, 4) is 0 Å². The highest BCUT2D eigenvalue weighted by atomic mass is 19.1. The number of anilines is 1. The van der Waals surface area contributed by atoms with Gasteiger partial charge in [-0.05, 0) is 61.1 Å². The Morgan fingerprint density at radius 1 is 1.05 bits per heavy atom. The molecule has 0 radical (unpaired) electrons. The van der Waals surface area contributed by atoms with Crippen LogP contribution in [0.25, 0.3) is 5.65 Å². The molecule has 3 heterocycles. The van der Waals surface area contributed by atoms with E-state index in [0.717, 1.165) is 27.4 Å². The molecule has 1 saturated heterocycles. The number of nitrogens with one attached hydrogen (secondary N) is 2. The predicted molar refractivity (Wildman–Crippen MR) is 153 cm³/mol. The number of ketones is 1. The maximum Gasteiger partial charge on any atom is 0.270 e. The highest BCUT2D eigenvalue weighted by Gasteiger charge is 2.29. The molecule has 1 aliphatic heterocycles. The molecule has 12 heteroatoms. The third kappa shape index (κ3) is 5.45. The van der Waals surface area contributed by atoms with Crippen molar-refractivity contribution in [3.63, 3.8) is 0 Å². The van der Waals surface area contributed by atoms with Crippen LogP contribution in [0.1, 0.15) is 73.0 Å². The number of hydrogen-bond donors (Lipinski definition) is 2. The molecule has 1 atom stereocenters. The Bertz CT molecular complexity index is 1770. The van der Waals surface area contributed by atoms with Crippen molar-refractivity contribution in [2.75, 3.05) is 31.2 Å².